The van der Waals surface area contributed by atoms with Crippen LogP contribution >= 0.6 is 0 Å². The first-order valence-corrected chi connectivity index (χ1v) is 6.10. The second-order valence-corrected chi connectivity index (χ2v) is 5.32. The lowest BCUT2D eigenvalue weighted by molar-refractivity contribution is -0.0935. The summed E-state index contributed by atoms with van der Waals surface area (Å²) >= 11 is 0. The molecule has 1 aliphatic heterocycles. The number of hydrogen-bond donors (Lipinski definition) is 1. The Labute approximate surface area is 87.2 Å². The predicted molar refractivity (Wildman–Crippen MR) is 58.1 cm³/mol. The van der Waals surface area contributed by atoms with Crippen molar-refractivity contribution in [2.75, 3.05) is 6.61 Å². The second-order valence-electron chi connectivity index (χ2n) is 5.32. The molecule has 1 heterocycles. The van der Waals surface area contributed by atoms with Crippen molar-refractivity contribution in [3.8, 4) is 0 Å². The molecule has 0 aromatic heterocycles. The van der Waals surface area contributed by atoms with Crippen LogP contribution in [0.3, 0.4) is 0 Å². The Kier molecular flexibility index (Phi) is 3.13. The molecule has 1 aliphatic carbocycles. The van der Waals surface area contributed by atoms with Crippen molar-refractivity contribution in [2.24, 2.45) is 11.7 Å². The van der Waals surface area contributed by atoms with Crippen molar-refractivity contribution >= 4 is 0 Å². The van der Waals surface area contributed by atoms with Gasteiger partial charge in [-0.1, -0.05) is 19.8 Å². The van der Waals surface area contributed by atoms with Crippen LogP contribution in [0, 0.1) is 5.92 Å². The van der Waals surface area contributed by atoms with Crippen molar-refractivity contribution < 1.29 is 4.74 Å². The average Bonchev–Trinajstić information content (AvgIpc) is 2.30. The Morgan fingerprint density at radius 3 is 2.86 bits per heavy atom. The van der Waals surface area contributed by atoms with Gasteiger partial charge in [-0.25, -0.2) is 0 Å². The monoisotopic (exact) mass is 197 g/mol. The molecule has 0 bridgehead atoms. The molecule has 0 aromatic rings. The fourth-order valence-corrected chi connectivity index (χ4v) is 2.97. The fourth-order valence-electron chi connectivity index (χ4n) is 2.97. The van der Waals surface area contributed by atoms with Gasteiger partial charge in [0.05, 0.1) is 5.60 Å². The zero-order valence-corrected chi connectivity index (χ0v) is 9.30. The Morgan fingerprint density at radius 1 is 1.21 bits per heavy atom. The number of rotatable bonds is 0. The molecule has 3 unspecified atom stereocenters. The summed E-state index contributed by atoms with van der Waals surface area (Å²) in [5.74, 6) is 0.885. The largest absolute Gasteiger partial charge is 0.375 e. The molecular formula is C12H23NO. The van der Waals surface area contributed by atoms with Crippen LogP contribution in [0.15, 0.2) is 0 Å². The SMILES string of the molecule is CC1CCCC2(CC1)CC(N)CCO2. The van der Waals surface area contributed by atoms with Gasteiger partial charge >= 0.3 is 0 Å². The minimum Gasteiger partial charge on any atom is -0.375 e. The molecule has 14 heavy (non-hydrogen) atoms. The second kappa shape index (κ2) is 4.19. The molecule has 2 nitrogen and oxygen atoms in total. The lowest BCUT2D eigenvalue weighted by atomic mass is 9.84. The van der Waals surface area contributed by atoms with E-state index in [9.17, 15) is 0 Å². The normalized spacial score (nSPS) is 45.0. The summed E-state index contributed by atoms with van der Waals surface area (Å²) in [6, 6.07) is 0.386. The van der Waals surface area contributed by atoms with Crippen molar-refractivity contribution in [3.63, 3.8) is 0 Å². The van der Waals surface area contributed by atoms with E-state index in [1.165, 1.54) is 32.1 Å². The van der Waals surface area contributed by atoms with Crippen molar-refractivity contribution in [3.05, 3.63) is 0 Å². The van der Waals surface area contributed by atoms with Crippen molar-refractivity contribution in [2.45, 2.75) is 63.5 Å². The van der Waals surface area contributed by atoms with Gasteiger partial charge in [0.15, 0.2) is 0 Å². The van der Waals surface area contributed by atoms with Gasteiger partial charge in [-0.05, 0) is 38.0 Å². The van der Waals surface area contributed by atoms with E-state index >= 15 is 0 Å². The first-order chi connectivity index (χ1) is 6.70. The highest BCUT2D eigenvalue weighted by Gasteiger charge is 2.37. The van der Waals surface area contributed by atoms with Gasteiger partial charge < -0.3 is 10.5 Å². The molecule has 82 valence electrons. The van der Waals surface area contributed by atoms with Crippen molar-refractivity contribution in [1.82, 2.24) is 0 Å². The van der Waals surface area contributed by atoms with Crippen LogP contribution in [0.1, 0.15) is 51.9 Å². The van der Waals surface area contributed by atoms with E-state index in [0.717, 1.165) is 25.4 Å². The Morgan fingerprint density at radius 2 is 2.07 bits per heavy atom. The van der Waals surface area contributed by atoms with Crippen LogP contribution in [0.2, 0.25) is 0 Å². The van der Waals surface area contributed by atoms with E-state index in [0.29, 0.717) is 6.04 Å². The third-order valence-corrected chi connectivity index (χ3v) is 3.95. The van der Waals surface area contributed by atoms with Gasteiger partial charge in [0.2, 0.25) is 0 Å². The topological polar surface area (TPSA) is 35.2 Å². The molecule has 0 amide bonds. The van der Waals surface area contributed by atoms with E-state index in [4.69, 9.17) is 10.5 Å². The molecule has 2 fully saturated rings. The van der Waals surface area contributed by atoms with Crippen LogP contribution in [-0.2, 0) is 4.74 Å². The fraction of sp³-hybridized carbons (Fsp3) is 1.00. The van der Waals surface area contributed by atoms with Crippen LogP contribution < -0.4 is 5.73 Å². The summed E-state index contributed by atoms with van der Waals surface area (Å²) in [4.78, 5) is 0. The minimum atomic E-state index is 0.169. The van der Waals surface area contributed by atoms with E-state index in [-0.39, 0.29) is 5.60 Å². The molecule has 0 aromatic carbocycles. The summed E-state index contributed by atoms with van der Waals surface area (Å²) in [7, 11) is 0. The number of nitrogens with two attached hydrogens (primary N) is 1. The smallest absolute Gasteiger partial charge is 0.0697 e. The standard InChI is InChI=1S/C12H23NO/c1-10-3-2-6-12(7-4-10)9-11(13)5-8-14-12/h10-11H,2-9,13H2,1H3. The zero-order valence-electron chi connectivity index (χ0n) is 9.30. The van der Waals surface area contributed by atoms with E-state index in [1.54, 1.807) is 0 Å². The first kappa shape index (κ1) is 10.4. The van der Waals surface area contributed by atoms with Gasteiger partial charge in [0, 0.05) is 12.6 Å². The molecule has 2 N–H and O–H groups in total. The van der Waals surface area contributed by atoms with E-state index in [2.05, 4.69) is 6.92 Å². The van der Waals surface area contributed by atoms with Crippen LogP contribution in [0.5, 0.6) is 0 Å². The molecule has 1 saturated carbocycles. The molecule has 3 atom stereocenters. The van der Waals surface area contributed by atoms with E-state index < -0.39 is 0 Å². The number of ether oxygens (including phenoxy) is 1. The quantitative estimate of drug-likeness (QED) is 0.647. The highest BCUT2D eigenvalue weighted by Crippen LogP contribution is 2.38. The molecule has 2 rings (SSSR count). The summed E-state index contributed by atoms with van der Waals surface area (Å²) in [6.45, 7) is 3.25. The average molecular weight is 197 g/mol. The van der Waals surface area contributed by atoms with Gasteiger partial charge in [0.25, 0.3) is 0 Å². The third-order valence-electron chi connectivity index (χ3n) is 3.95. The molecule has 0 radical (unpaired) electrons. The highest BCUT2D eigenvalue weighted by molar-refractivity contribution is 4.90. The van der Waals surface area contributed by atoms with Crippen LogP contribution in [0.4, 0.5) is 0 Å². The maximum Gasteiger partial charge on any atom is 0.0697 e. The molecule has 1 spiro atoms. The Hall–Kier alpha value is -0.0800. The maximum atomic E-state index is 6.05. The number of hydrogen-bond acceptors (Lipinski definition) is 2. The van der Waals surface area contributed by atoms with Crippen molar-refractivity contribution in [1.29, 1.82) is 0 Å². The van der Waals surface area contributed by atoms with Crippen LogP contribution in [-0.4, -0.2) is 18.2 Å². The molecular weight excluding hydrogens is 174 g/mol. The molecule has 1 saturated heterocycles. The van der Waals surface area contributed by atoms with Gasteiger partial charge in [-0.15, -0.1) is 0 Å². The Balaban J connectivity index is 1.99. The van der Waals surface area contributed by atoms with Gasteiger partial charge in [-0.3, -0.25) is 0 Å². The summed E-state index contributed by atoms with van der Waals surface area (Å²) in [5, 5.41) is 0. The zero-order chi connectivity index (χ0) is 10.0. The summed E-state index contributed by atoms with van der Waals surface area (Å²) in [5.41, 5.74) is 6.22. The van der Waals surface area contributed by atoms with Crippen LogP contribution in [0.25, 0.3) is 0 Å². The van der Waals surface area contributed by atoms with Gasteiger partial charge in [0.1, 0.15) is 0 Å². The molecule has 2 aliphatic rings. The minimum absolute atomic E-state index is 0.169. The first-order valence-electron chi connectivity index (χ1n) is 6.10. The molecule has 2 heteroatoms. The summed E-state index contributed by atoms with van der Waals surface area (Å²) < 4.78 is 6.03. The van der Waals surface area contributed by atoms with E-state index in [1.807, 2.05) is 0 Å². The third kappa shape index (κ3) is 2.29. The maximum absolute atomic E-state index is 6.05. The summed E-state index contributed by atoms with van der Waals surface area (Å²) in [6.07, 6.45) is 8.66. The van der Waals surface area contributed by atoms with Gasteiger partial charge in [-0.2, -0.15) is 0 Å². The highest BCUT2D eigenvalue weighted by atomic mass is 16.5. The predicted octanol–water partition coefficient (Wildman–Crippen LogP) is 2.46. The lowest BCUT2D eigenvalue weighted by Crippen LogP contribution is -2.44. The lowest BCUT2D eigenvalue weighted by Gasteiger charge is -2.39. The Bertz CT molecular complexity index is 195.